The molecule has 0 aliphatic heterocycles. The molecule has 0 bridgehead atoms. The zero-order valence-electron chi connectivity index (χ0n) is 14.3. The molecule has 1 aromatic rings. The summed E-state index contributed by atoms with van der Waals surface area (Å²) in [4.78, 5) is 14.2. The Labute approximate surface area is 133 Å². The smallest absolute Gasteiger partial charge is 0.257 e. The largest absolute Gasteiger partial charge is 0.335 e. The molecule has 1 amide bonds. The van der Waals surface area contributed by atoms with Gasteiger partial charge in [0.05, 0.1) is 23.1 Å². The molecule has 0 radical (unpaired) electrons. The van der Waals surface area contributed by atoms with E-state index in [4.69, 9.17) is 0 Å². The Balaban J connectivity index is 2.95. The van der Waals surface area contributed by atoms with Gasteiger partial charge in [-0.15, -0.1) is 0 Å². The zero-order chi connectivity index (χ0) is 17.1. The average molecular weight is 329 g/mol. The number of hydrogen-bond acceptors (Lipinski definition) is 4. The van der Waals surface area contributed by atoms with E-state index >= 15 is 0 Å². The van der Waals surface area contributed by atoms with Crippen molar-refractivity contribution in [3.63, 3.8) is 0 Å². The molecular weight excluding hydrogens is 302 g/mol. The molecule has 0 aliphatic carbocycles. The monoisotopic (exact) mass is 329 g/mol. The van der Waals surface area contributed by atoms with E-state index in [2.05, 4.69) is 5.10 Å². The van der Waals surface area contributed by atoms with E-state index in [1.807, 2.05) is 27.7 Å². The van der Waals surface area contributed by atoms with Crippen LogP contribution in [0.15, 0.2) is 12.4 Å². The lowest BCUT2D eigenvalue weighted by Gasteiger charge is -2.27. The number of nitrogens with zero attached hydrogens (tertiary/aromatic N) is 3. The molecule has 0 saturated carbocycles. The van der Waals surface area contributed by atoms with Gasteiger partial charge in [-0.1, -0.05) is 6.92 Å². The van der Waals surface area contributed by atoms with Crippen LogP contribution < -0.4 is 0 Å². The van der Waals surface area contributed by atoms with Gasteiger partial charge in [-0.2, -0.15) is 5.10 Å². The van der Waals surface area contributed by atoms with Crippen LogP contribution in [0.4, 0.5) is 0 Å². The highest BCUT2D eigenvalue weighted by molar-refractivity contribution is 7.91. The summed E-state index contributed by atoms with van der Waals surface area (Å²) in [6.07, 6.45) is 3.25. The first-order valence-electron chi connectivity index (χ1n) is 7.58. The topological polar surface area (TPSA) is 72.3 Å². The van der Waals surface area contributed by atoms with Crippen molar-refractivity contribution in [1.82, 2.24) is 14.7 Å². The number of sulfone groups is 1. The number of carbonyl (C=O) groups excluding carboxylic acids is 1. The third-order valence-electron chi connectivity index (χ3n) is 3.59. The lowest BCUT2D eigenvalue weighted by atomic mass is 10.1. The second kappa shape index (κ2) is 6.81. The summed E-state index contributed by atoms with van der Waals surface area (Å²) in [5, 5.41) is 4.23. The summed E-state index contributed by atoms with van der Waals surface area (Å²) in [6, 6.07) is -0.361. The molecule has 7 heteroatoms. The van der Waals surface area contributed by atoms with Crippen LogP contribution in [0.3, 0.4) is 0 Å². The van der Waals surface area contributed by atoms with Gasteiger partial charge >= 0.3 is 0 Å². The van der Waals surface area contributed by atoms with Crippen molar-refractivity contribution in [2.24, 2.45) is 0 Å². The highest BCUT2D eigenvalue weighted by Crippen LogP contribution is 2.15. The minimum atomic E-state index is -3.12. The molecule has 1 rings (SSSR count). The third kappa shape index (κ3) is 4.56. The van der Waals surface area contributed by atoms with Crippen molar-refractivity contribution in [1.29, 1.82) is 0 Å². The van der Waals surface area contributed by atoms with Crippen molar-refractivity contribution in [3.05, 3.63) is 18.0 Å². The molecule has 0 spiro atoms. The molecule has 0 aromatic carbocycles. The van der Waals surface area contributed by atoms with Crippen LogP contribution in [0.25, 0.3) is 0 Å². The third-order valence-corrected chi connectivity index (χ3v) is 5.46. The highest BCUT2D eigenvalue weighted by atomic mass is 32.2. The summed E-state index contributed by atoms with van der Waals surface area (Å²) in [5.74, 6) is -0.113. The van der Waals surface area contributed by atoms with Crippen molar-refractivity contribution in [2.75, 3.05) is 18.1 Å². The van der Waals surface area contributed by atoms with E-state index in [0.717, 1.165) is 0 Å². The first-order valence-corrected chi connectivity index (χ1v) is 9.40. The van der Waals surface area contributed by atoms with Gasteiger partial charge in [-0.25, -0.2) is 8.42 Å². The number of amides is 1. The summed E-state index contributed by atoms with van der Waals surface area (Å²) in [5.41, 5.74) is 0.282. The van der Waals surface area contributed by atoms with Crippen molar-refractivity contribution < 1.29 is 13.2 Å². The quantitative estimate of drug-likeness (QED) is 0.799. The molecule has 22 heavy (non-hydrogen) atoms. The molecule has 1 aromatic heterocycles. The van der Waals surface area contributed by atoms with Crippen LogP contribution in [0.2, 0.25) is 0 Å². The Hall–Kier alpha value is -1.37. The molecule has 126 valence electrons. The summed E-state index contributed by atoms with van der Waals surface area (Å²) in [6.45, 7) is 11.7. The van der Waals surface area contributed by atoms with Crippen LogP contribution in [0.1, 0.15) is 51.9 Å². The molecule has 0 saturated heterocycles. The Morgan fingerprint density at radius 3 is 2.36 bits per heavy atom. The average Bonchev–Trinajstić information content (AvgIpc) is 2.88. The van der Waals surface area contributed by atoms with E-state index < -0.39 is 9.84 Å². The molecule has 0 fully saturated rings. The Morgan fingerprint density at radius 1 is 1.36 bits per heavy atom. The first-order chi connectivity index (χ1) is 10.0. The standard InChI is InChI=1S/C15H27N3O3S/c1-7-17(12(3)11-22(20,21)8-2)14(19)13-9-16-18(10-13)15(4,5)6/h9-10,12H,7-8,11H2,1-6H3/t12-/m1/s1. The van der Waals surface area contributed by atoms with Crippen LogP contribution in [-0.4, -0.2) is 53.1 Å². The van der Waals surface area contributed by atoms with Gasteiger partial charge in [-0.3, -0.25) is 9.48 Å². The summed E-state index contributed by atoms with van der Waals surface area (Å²) < 4.78 is 25.3. The van der Waals surface area contributed by atoms with Gasteiger partial charge in [0, 0.05) is 24.5 Å². The Kier molecular flexibility index (Phi) is 5.78. The van der Waals surface area contributed by atoms with E-state index in [1.54, 1.807) is 29.6 Å². The van der Waals surface area contributed by atoms with Crippen molar-refractivity contribution in [3.8, 4) is 0 Å². The Bertz CT molecular complexity index is 614. The molecule has 0 unspecified atom stereocenters. The molecule has 0 N–H and O–H groups in total. The fraction of sp³-hybridized carbons (Fsp3) is 0.733. The van der Waals surface area contributed by atoms with Crippen LogP contribution >= 0.6 is 0 Å². The predicted octanol–water partition coefficient (Wildman–Crippen LogP) is 1.92. The predicted molar refractivity (Wildman–Crippen MR) is 87.7 cm³/mol. The van der Waals surface area contributed by atoms with E-state index in [0.29, 0.717) is 12.1 Å². The lowest BCUT2D eigenvalue weighted by Crippen LogP contribution is -2.42. The molecule has 1 atom stereocenters. The van der Waals surface area contributed by atoms with Gasteiger partial charge in [-0.05, 0) is 34.6 Å². The molecule has 0 aliphatic rings. The second-order valence-corrected chi connectivity index (χ2v) is 8.88. The second-order valence-electron chi connectivity index (χ2n) is 6.48. The maximum atomic E-state index is 12.6. The summed E-state index contributed by atoms with van der Waals surface area (Å²) in [7, 11) is -3.12. The van der Waals surface area contributed by atoms with Crippen LogP contribution in [0.5, 0.6) is 0 Å². The number of rotatable bonds is 6. The van der Waals surface area contributed by atoms with Gasteiger partial charge < -0.3 is 4.90 Å². The van der Waals surface area contributed by atoms with Crippen LogP contribution in [0, 0.1) is 0 Å². The van der Waals surface area contributed by atoms with E-state index in [-0.39, 0.29) is 29.0 Å². The van der Waals surface area contributed by atoms with Crippen molar-refractivity contribution in [2.45, 2.75) is 53.1 Å². The summed E-state index contributed by atoms with van der Waals surface area (Å²) >= 11 is 0. The lowest BCUT2D eigenvalue weighted by molar-refractivity contribution is 0.0719. The fourth-order valence-corrected chi connectivity index (χ4v) is 3.35. The van der Waals surface area contributed by atoms with Gasteiger partial charge in [0.25, 0.3) is 5.91 Å². The van der Waals surface area contributed by atoms with E-state index in [9.17, 15) is 13.2 Å². The van der Waals surface area contributed by atoms with Crippen molar-refractivity contribution >= 4 is 15.7 Å². The van der Waals surface area contributed by atoms with Gasteiger partial charge in [0.15, 0.2) is 9.84 Å². The van der Waals surface area contributed by atoms with Crippen LogP contribution in [-0.2, 0) is 15.4 Å². The maximum Gasteiger partial charge on any atom is 0.257 e. The van der Waals surface area contributed by atoms with Gasteiger partial charge in [0.2, 0.25) is 0 Å². The Morgan fingerprint density at radius 2 is 1.95 bits per heavy atom. The maximum absolute atomic E-state index is 12.6. The number of hydrogen-bond donors (Lipinski definition) is 0. The van der Waals surface area contributed by atoms with E-state index in [1.165, 1.54) is 6.20 Å². The molecular formula is C15H27N3O3S. The normalized spacial score (nSPS) is 13.9. The highest BCUT2D eigenvalue weighted by Gasteiger charge is 2.26. The minimum absolute atomic E-state index is 0.0174. The first kappa shape index (κ1) is 18.7. The minimum Gasteiger partial charge on any atom is -0.335 e. The SMILES string of the molecule is CCN(C(=O)c1cnn(C(C)(C)C)c1)[C@H](C)CS(=O)(=O)CC. The molecule has 6 nitrogen and oxygen atoms in total. The van der Waals surface area contributed by atoms with Gasteiger partial charge in [0.1, 0.15) is 0 Å². The number of carbonyl (C=O) groups is 1. The zero-order valence-corrected chi connectivity index (χ0v) is 15.1. The number of aromatic nitrogens is 2. The molecule has 1 heterocycles. The fourth-order valence-electron chi connectivity index (χ4n) is 2.20.